The second-order valence-electron chi connectivity index (χ2n) is 4.96. The summed E-state index contributed by atoms with van der Waals surface area (Å²) in [6, 6.07) is 7.45. The lowest BCUT2D eigenvalue weighted by Crippen LogP contribution is -2.38. The Morgan fingerprint density at radius 1 is 1.26 bits per heavy atom. The monoisotopic (exact) mass is 258 g/mol. The zero-order valence-electron chi connectivity index (χ0n) is 11.1. The van der Waals surface area contributed by atoms with E-state index in [4.69, 9.17) is 0 Å². The third-order valence-corrected chi connectivity index (χ3v) is 3.59. The highest BCUT2D eigenvalue weighted by molar-refractivity contribution is 5.77. The molecule has 0 radical (unpaired) electrons. The van der Waals surface area contributed by atoms with Crippen molar-refractivity contribution in [2.75, 3.05) is 25.2 Å². The predicted octanol–water partition coefficient (Wildman–Crippen LogP) is 1.30. The van der Waals surface area contributed by atoms with Gasteiger partial charge in [0, 0.05) is 0 Å². The SMILES string of the molecule is Cc1nc2ccccc2c(=O)n1NCN1CCCC1. The number of rotatable bonds is 3. The van der Waals surface area contributed by atoms with Crippen LogP contribution in [-0.2, 0) is 0 Å². The van der Waals surface area contributed by atoms with Crippen molar-refractivity contribution in [3.63, 3.8) is 0 Å². The van der Waals surface area contributed by atoms with E-state index in [0.717, 1.165) is 18.6 Å². The molecular weight excluding hydrogens is 240 g/mol. The molecule has 2 aromatic rings. The van der Waals surface area contributed by atoms with E-state index < -0.39 is 0 Å². The van der Waals surface area contributed by atoms with Gasteiger partial charge in [-0.15, -0.1) is 0 Å². The molecule has 3 rings (SSSR count). The van der Waals surface area contributed by atoms with E-state index in [9.17, 15) is 4.79 Å². The van der Waals surface area contributed by atoms with Gasteiger partial charge in [-0.2, -0.15) is 0 Å². The quantitative estimate of drug-likeness (QED) is 0.901. The van der Waals surface area contributed by atoms with Crippen LogP contribution in [0.5, 0.6) is 0 Å². The average molecular weight is 258 g/mol. The number of hydrogen-bond donors (Lipinski definition) is 1. The average Bonchev–Trinajstić information content (AvgIpc) is 2.92. The number of fused-ring (bicyclic) bond motifs is 1. The molecule has 5 heteroatoms. The highest BCUT2D eigenvalue weighted by atomic mass is 16.1. The number of nitrogens with zero attached hydrogens (tertiary/aromatic N) is 3. The number of aryl methyl sites for hydroxylation is 1. The second-order valence-corrected chi connectivity index (χ2v) is 4.96. The molecule has 1 saturated heterocycles. The lowest BCUT2D eigenvalue weighted by molar-refractivity contribution is 0.348. The minimum absolute atomic E-state index is 0.0257. The summed E-state index contributed by atoms with van der Waals surface area (Å²) in [7, 11) is 0. The van der Waals surface area contributed by atoms with Gasteiger partial charge in [0.05, 0.1) is 17.6 Å². The van der Waals surface area contributed by atoms with Gasteiger partial charge >= 0.3 is 0 Å². The van der Waals surface area contributed by atoms with Crippen LogP contribution in [0, 0.1) is 6.92 Å². The van der Waals surface area contributed by atoms with Gasteiger partial charge in [-0.1, -0.05) is 12.1 Å². The number of likely N-dealkylation sites (tertiary alicyclic amines) is 1. The molecule has 100 valence electrons. The van der Waals surface area contributed by atoms with Crippen molar-refractivity contribution < 1.29 is 0 Å². The molecule has 0 saturated carbocycles. The van der Waals surface area contributed by atoms with E-state index in [1.807, 2.05) is 31.2 Å². The summed E-state index contributed by atoms with van der Waals surface area (Å²) < 4.78 is 1.56. The summed E-state index contributed by atoms with van der Waals surface area (Å²) in [5.41, 5.74) is 3.91. The Kier molecular flexibility index (Phi) is 3.21. The Balaban J connectivity index is 1.91. The molecule has 0 unspecified atom stereocenters. The van der Waals surface area contributed by atoms with Crippen LogP contribution in [0.2, 0.25) is 0 Å². The largest absolute Gasteiger partial charge is 0.307 e. The molecule has 5 nitrogen and oxygen atoms in total. The van der Waals surface area contributed by atoms with Crippen LogP contribution in [0.1, 0.15) is 18.7 Å². The second kappa shape index (κ2) is 5.01. The van der Waals surface area contributed by atoms with Crippen LogP contribution in [0.15, 0.2) is 29.1 Å². The third kappa shape index (κ3) is 2.33. The number of nitrogens with one attached hydrogen (secondary N) is 1. The van der Waals surface area contributed by atoms with E-state index in [2.05, 4.69) is 15.3 Å². The molecule has 2 heterocycles. The van der Waals surface area contributed by atoms with Crippen molar-refractivity contribution in [2.24, 2.45) is 0 Å². The molecule has 1 aromatic heterocycles. The Hall–Kier alpha value is -1.88. The summed E-state index contributed by atoms with van der Waals surface area (Å²) >= 11 is 0. The molecule has 0 aliphatic carbocycles. The number of para-hydroxylation sites is 1. The van der Waals surface area contributed by atoms with Crippen LogP contribution in [0.25, 0.3) is 10.9 Å². The first-order chi connectivity index (χ1) is 9.25. The molecule has 1 aliphatic rings. The van der Waals surface area contributed by atoms with Crippen LogP contribution in [0.4, 0.5) is 0 Å². The summed E-state index contributed by atoms with van der Waals surface area (Å²) in [6.45, 7) is 4.75. The zero-order chi connectivity index (χ0) is 13.2. The maximum atomic E-state index is 12.4. The van der Waals surface area contributed by atoms with Crippen molar-refractivity contribution in [3.05, 3.63) is 40.4 Å². The van der Waals surface area contributed by atoms with Crippen molar-refractivity contribution >= 4 is 10.9 Å². The Morgan fingerprint density at radius 3 is 2.79 bits per heavy atom. The minimum atomic E-state index is -0.0257. The first-order valence-corrected chi connectivity index (χ1v) is 6.70. The van der Waals surface area contributed by atoms with E-state index in [0.29, 0.717) is 17.9 Å². The Morgan fingerprint density at radius 2 is 2.00 bits per heavy atom. The maximum absolute atomic E-state index is 12.4. The van der Waals surface area contributed by atoms with Crippen molar-refractivity contribution in [2.45, 2.75) is 19.8 Å². The van der Waals surface area contributed by atoms with Gasteiger partial charge in [0.25, 0.3) is 5.56 Å². The van der Waals surface area contributed by atoms with Crippen molar-refractivity contribution in [1.82, 2.24) is 14.6 Å². The zero-order valence-corrected chi connectivity index (χ0v) is 11.1. The van der Waals surface area contributed by atoms with Crippen LogP contribution in [-0.4, -0.2) is 34.3 Å². The summed E-state index contributed by atoms with van der Waals surface area (Å²) in [5.74, 6) is 0.697. The van der Waals surface area contributed by atoms with E-state index in [-0.39, 0.29) is 5.56 Å². The molecule has 1 N–H and O–H groups in total. The Bertz CT molecular complexity index is 643. The van der Waals surface area contributed by atoms with Gasteiger partial charge in [0.1, 0.15) is 5.82 Å². The third-order valence-electron chi connectivity index (χ3n) is 3.59. The normalized spacial score (nSPS) is 16.1. The number of hydrogen-bond acceptors (Lipinski definition) is 4. The van der Waals surface area contributed by atoms with Crippen LogP contribution in [0.3, 0.4) is 0 Å². The molecule has 0 spiro atoms. The summed E-state index contributed by atoms with van der Waals surface area (Å²) in [5, 5.41) is 0.655. The van der Waals surface area contributed by atoms with Gasteiger partial charge in [-0.05, 0) is 45.0 Å². The molecule has 1 aliphatic heterocycles. The predicted molar refractivity (Wildman–Crippen MR) is 75.8 cm³/mol. The maximum Gasteiger partial charge on any atom is 0.279 e. The van der Waals surface area contributed by atoms with Gasteiger partial charge in [-0.25, -0.2) is 9.66 Å². The minimum Gasteiger partial charge on any atom is -0.307 e. The van der Waals surface area contributed by atoms with Crippen molar-refractivity contribution in [1.29, 1.82) is 0 Å². The molecule has 0 amide bonds. The molecule has 0 bridgehead atoms. The van der Waals surface area contributed by atoms with Gasteiger partial charge in [0.2, 0.25) is 0 Å². The first kappa shape index (κ1) is 12.2. The van der Waals surface area contributed by atoms with E-state index >= 15 is 0 Å². The van der Waals surface area contributed by atoms with E-state index in [1.165, 1.54) is 12.8 Å². The highest BCUT2D eigenvalue weighted by Crippen LogP contribution is 2.08. The molecular formula is C14H18N4O. The molecule has 1 fully saturated rings. The van der Waals surface area contributed by atoms with Crippen molar-refractivity contribution in [3.8, 4) is 0 Å². The molecule has 19 heavy (non-hydrogen) atoms. The topological polar surface area (TPSA) is 50.2 Å². The molecule has 0 atom stereocenters. The van der Waals surface area contributed by atoms with Crippen LogP contribution < -0.4 is 11.0 Å². The van der Waals surface area contributed by atoms with E-state index in [1.54, 1.807) is 4.68 Å². The fraction of sp³-hybridized carbons (Fsp3) is 0.429. The van der Waals surface area contributed by atoms with Crippen LogP contribution >= 0.6 is 0 Å². The number of aromatic nitrogens is 2. The summed E-state index contributed by atoms with van der Waals surface area (Å²) in [6.07, 6.45) is 2.48. The fourth-order valence-corrected chi connectivity index (χ4v) is 2.54. The summed E-state index contributed by atoms with van der Waals surface area (Å²) in [4.78, 5) is 19.2. The lowest BCUT2D eigenvalue weighted by atomic mass is 10.2. The molecule has 1 aromatic carbocycles. The lowest BCUT2D eigenvalue weighted by Gasteiger charge is -2.19. The standard InChI is InChI=1S/C14H18N4O/c1-11-16-13-7-3-2-6-12(13)14(19)18(11)15-10-17-8-4-5-9-17/h2-3,6-7,15H,4-5,8-10H2,1H3. The smallest absolute Gasteiger partial charge is 0.279 e. The number of benzene rings is 1. The van der Waals surface area contributed by atoms with Gasteiger partial charge in [0.15, 0.2) is 0 Å². The fourth-order valence-electron chi connectivity index (χ4n) is 2.54. The Labute approximate surface area is 111 Å². The highest BCUT2D eigenvalue weighted by Gasteiger charge is 2.12. The van der Waals surface area contributed by atoms with Gasteiger partial charge < -0.3 is 5.43 Å². The van der Waals surface area contributed by atoms with Gasteiger partial charge in [-0.3, -0.25) is 9.69 Å². The first-order valence-electron chi connectivity index (χ1n) is 6.70.